The van der Waals surface area contributed by atoms with Crippen LogP contribution in [0.25, 0.3) is 5.76 Å². The number of ether oxygens (including phenoxy) is 4. The third-order valence-electron chi connectivity index (χ3n) is 6.16. The predicted molar refractivity (Wildman–Crippen MR) is 137 cm³/mol. The molecule has 1 aliphatic heterocycles. The van der Waals surface area contributed by atoms with E-state index in [9.17, 15) is 14.7 Å². The molecule has 1 aliphatic rings. The number of para-hydroxylation sites is 1. The van der Waals surface area contributed by atoms with Crippen molar-refractivity contribution in [2.45, 2.75) is 38.6 Å². The van der Waals surface area contributed by atoms with Gasteiger partial charge in [-0.3, -0.25) is 9.59 Å². The molecular formula is C28H35NO7. The number of hydrogen-bond acceptors (Lipinski definition) is 7. The standard InChI is InChI=1S/C28H35NO7/c1-5-6-7-18-36-20-14-12-19(13-15-20)25(30)23-24(21-10-8-11-22(34-3)27(21)35-4)29(16-9-17-33-2)28(32)26(23)31/h8,10-15,24,30H,5-7,9,16-18H2,1-4H3/b25-23+. The van der Waals surface area contributed by atoms with Crippen LogP contribution in [-0.4, -0.2) is 62.8 Å². The highest BCUT2D eigenvalue weighted by atomic mass is 16.5. The molecule has 0 bridgehead atoms. The Morgan fingerprint density at radius 3 is 2.33 bits per heavy atom. The minimum absolute atomic E-state index is 0.000541. The molecule has 0 aliphatic carbocycles. The number of ketones is 1. The topological polar surface area (TPSA) is 94.5 Å². The van der Waals surface area contributed by atoms with Crippen molar-refractivity contribution in [1.29, 1.82) is 0 Å². The van der Waals surface area contributed by atoms with Crippen molar-refractivity contribution in [3.63, 3.8) is 0 Å². The summed E-state index contributed by atoms with van der Waals surface area (Å²) in [5, 5.41) is 11.3. The number of carbonyl (C=O) groups is 2. The summed E-state index contributed by atoms with van der Waals surface area (Å²) in [6.07, 6.45) is 3.69. The monoisotopic (exact) mass is 497 g/mol. The lowest BCUT2D eigenvalue weighted by molar-refractivity contribution is -0.140. The number of methoxy groups -OCH3 is 3. The zero-order chi connectivity index (χ0) is 26.1. The number of carbonyl (C=O) groups excluding carboxylic acids is 2. The molecule has 1 unspecified atom stereocenters. The fourth-order valence-corrected chi connectivity index (χ4v) is 4.35. The van der Waals surface area contributed by atoms with Crippen LogP contribution in [0.2, 0.25) is 0 Å². The second-order valence-corrected chi connectivity index (χ2v) is 8.50. The van der Waals surface area contributed by atoms with Crippen molar-refractivity contribution in [3.8, 4) is 17.2 Å². The summed E-state index contributed by atoms with van der Waals surface area (Å²) in [6, 6.07) is 11.3. The Morgan fingerprint density at radius 2 is 1.69 bits per heavy atom. The van der Waals surface area contributed by atoms with Gasteiger partial charge >= 0.3 is 0 Å². The van der Waals surface area contributed by atoms with Crippen LogP contribution in [0.4, 0.5) is 0 Å². The Kier molecular flexibility index (Phi) is 9.76. The molecule has 2 aromatic rings. The highest BCUT2D eigenvalue weighted by Gasteiger charge is 2.47. The third kappa shape index (κ3) is 5.82. The quantitative estimate of drug-likeness (QED) is 0.185. The maximum absolute atomic E-state index is 13.2. The molecule has 1 fully saturated rings. The summed E-state index contributed by atoms with van der Waals surface area (Å²) in [7, 11) is 4.59. The number of aliphatic hydroxyl groups is 1. The summed E-state index contributed by atoms with van der Waals surface area (Å²) in [6.45, 7) is 3.43. The molecule has 1 atom stereocenters. The van der Waals surface area contributed by atoms with Crippen LogP contribution in [-0.2, 0) is 14.3 Å². The minimum atomic E-state index is -0.850. The van der Waals surface area contributed by atoms with Crippen molar-refractivity contribution in [2.24, 2.45) is 0 Å². The number of aliphatic hydroxyl groups excluding tert-OH is 1. The van der Waals surface area contributed by atoms with E-state index in [-0.39, 0.29) is 17.9 Å². The van der Waals surface area contributed by atoms with E-state index in [1.54, 1.807) is 49.6 Å². The third-order valence-corrected chi connectivity index (χ3v) is 6.16. The van der Waals surface area contributed by atoms with Crippen LogP contribution < -0.4 is 14.2 Å². The Hall–Kier alpha value is -3.52. The van der Waals surface area contributed by atoms with Gasteiger partial charge in [0.2, 0.25) is 0 Å². The second kappa shape index (κ2) is 13.0. The summed E-state index contributed by atoms with van der Waals surface area (Å²) in [5.74, 6) is -0.158. The first-order valence-corrected chi connectivity index (χ1v) is 12.2. The Bertz CT molecular complexity index is 1080. The fraction of sp³-hybridized carbons (Fsp3) is 0.429. The van der Waals surface area contributed by atoms with Crippen molar-refractivity contribution in [1.82, 2.24) is 4.90 Å². The number of likely N-dealkylation sites (tertiary alicyclic amines) is 1. The Balaban J connectivity index is 2.04. The number of nitrogens with zero attached hydrogens (tertiary/aromatic N) is 1. The van der Waals surface area contributed by atoms with Gasteiger partial charge in [-0.15, -0.1) is 0 Å². The van der Waals surface area contributed by atoms with Gasteiger partial charge in [-0.1, -0.05) is 31.9 Å². The molecule has 8 heteroatoms. The van der Waals surface area contributed by atoms with Crippen molar-refractivity contribution < 1.29 is 33.6 Å². The Morgan fingerprint density at radius 1 is 0.944 bits per heavy atom. The number of benzene rings is 2. The van der Waals surface area contributed by atoms with Crippen molar-refractivity contribution in [2.75, 3.05) is 41.1 Å². The van der Waals surface area contributed by atoms with Crippen LogP contribution in [0, 0.1) is 0 Å². The summed E-state index contributed by atoms with van der Waals surface area (Å²) < 4.78 is 21.9. The second-order valence-electron chi connectivity index (χ2n) is 8.50. The summed E-state index contributed by atoms with van der Waals surface area (Å²) in [5.41, 5.74) is 0.962. The molecule has 0 aromatic heterocycles. The lowest BCUT2D eigenvalue weighted by Crippen LogP contribution is -2.31. The van der Waals surface area contributed by atoms with E-state index < -0.39 is 17.7 Å². The number of Topliss-reactive ketones (excluding diaryl/α,β-unsaturated/α-hetero) is 1. The van der Waals surface area contributed by atoms with Gasteiger partial charge in [0, 0.05) is 31.4 Å². The SMILES string of the molecule is CCCCCOc1ccc(/C(O)=C2\C(=O)C(=O)N(CCCOC)C2c2cccc(OC)c2OC)cc1. The van der Waals surface area contributed by atoms with Crippen molar-refractivity contribution in [3.05, 3.63) is 59.2 Å². The molecule has 1 amide bonds. The van der Waals surface area contributed by atoms with Gasteiger partial charge in [0.1, 0.15) is 11.5 Å². The van der Waals surface area contributed by atoms with Crippen LogP contribution in [0.3, 0.4) is 0 Å². The first kappa shape index (κ1) is 27.1. The molecule has 2 aromatic carbocycles. The highest BCUT2D eigenvalue weighted by Crippen LogP contribution is 2.45. The van der Waals surface area contributed by atoms with Crippen molar-refractivity contribution >= 4 is 17.4 Å². The largest absolute Gasteiger partial charge is 0.507 e. The summed E-state index contributed by atoms with van der Waals surface area (Å²) >= 11 is 0. The normalized spacial score (nSPS) is 16.9. The van der Waals surface area contributed by atoms with Gasteiger partial charge in [-0.05, 0) is 43.2 Å². The molecule has 3 rings (SSSR count). The average molecular weight is 498 g/mol. The first-order valence-electron chi connectivity index (χ1n) is 12.2. The van der Waals surface area contributed by atoms with Gasteiger partial charge in [0.25, 0.3) is 11.7 Å². The molecule has 0 radical (unpaired) electrons. The molecular weight excluding hydrogens is 462 g/mol. The van der Waals surface area contributed by atoms with E-state index in [4.69, 9.17) is 18.9 Å². The number of rotatable bonds is 13. The van der Waals surface area contributed by atoms with Gasteiger partial charge in [-0.25, -0.2) is 0 Å². The molecule has 1 heterocycles. The number of hydrogen-bond donors (Lipinski definition) is 1. The van der Waals surface area contributed by atoms with E-state index in [1.807, 2.05) is 0 Å². The lowest BCUT2D eigenvalue weighted by Gasteiger charge is -2.27. The number of unbranched alkanes of at least 4 members (excludes halogenated alkanes) is 2. The molecule has 0 spiro atoms. The first-order chi connectivity index (χ1) is 17.5. The minimum Gasteiger partial charge on any atom is -0.507 e. The molecule has 1 N–H and O–H groups in total. The van der Waals surface area contributed by atoms with E-state index >= 15 is 0 Å². The highest BCUT2D eigenvalue weighted by molar-refractivity contribution is 6.46. The summed E-state index contributed by atoms with van der Waals surface area (Å²) in [4.78, 5) is 27.8. The number of amides is 1. The molecule has 194 valence electrons. The van der Waals surface area contributed by atoms with E-state index in [0.29, 0.717) is 48.0 Å². The zero-order valence-corrected chi connectivity index (χ0v) is 21.4. The van der Waals surface area contributed by atoms with Crippen LogP contribution in [0.5, 0.6) is 17.2 Å². The lowest BCUT2D eigenvalue weighted by atomic mass is 9.94. The molecule has 1 saturated heterocycles. The average Bonchev–Trinajstić information content (AvgIpc) is 3.15. The maximum atomic E-state index is 13.2. The van der Waals surface area contributed by atoms with E-state index in [1.165, 1.54) is 19.1 Å². The predicted octanol–water partition coefficient (Wildman–Crippen LogP) is 4.73. The van der Waals surface area contributed by atoms with Crippen LogP contribution >= 0.6 is 0 Å². The molecule has 8 nitrogen and oxygen atoms in total. The van der Waals surface area contributed by atoms with E-state index in [2.05, 4.69) is 6.92 Å². The van der Waals surface area contributed by atoms with E-state index in [0.717, 1.165) is 19.3 Å². The maximum Gasteiger partial charge on any atom is 0.295 e. The zero-order valence-electron chi connectivity index (χ0n) is 21.4. The van der Waals surface area contributed by atoms with Gasteiger partial charge in [-0.2, -0.15) is 0 Å². The molecule has 0 saturated carbocycles. The van der Waals surface area contributed by atoms with Crippen LogP contribution in [0.15, 0.2) is 48.0 Å². The fourth-order valence-electron chi connectivity index (χ4n) is 4.35. The van der Waals surface area contributed by atoms with Gasteiger partial charge in [0.15, 0.2) is 11.5 Å². The van der Waals surface area contributed by atoms with Crippen LogP contribution in [0.1, 0.15) is 49.8 Å². The molecule has 36 heavy (non-hydrogen) atoms. The van der Waals surface area contributed by atoms with Gasteiger partial charge < -0.3 is 29.0 Å². The Labute approximate surface area is 212 Å². The van der Waals surface area contributed by atoms with Gasteiger partial charge in [0.05, 0.1) is 32.4 Å². The smallest absolute Gasteiger partial charge is 0.295 e.